The Morgan fingerprint density at radius 1 is 1.00 bits per heavy atom. The second kappa shape index (κ2) is 8.08. The Morgan fingerprint density at radius 3 is 2.29 bits per heavy atom. The molecule has 3 rings (SSSR count). The van der Waals surface area contributed by atoms with Gasteiger partial charge in [-0.15, -0.1) is 12.4 Å². The van der Waals surface area contributed by atoms with Crippen LogP contribution in [0.25, 0.3) is 0 Å². The summed E-state index contributed by atoms with van der Waals surface area (Å²) in [4.78, 5) is 27.4. The Balaban J connectivity index is 0.00000208. The molecule has 1 amide bonds. The molecule has 0 aliphatic carbocycles. The lowest BCUT2D eigenvalue weighted by Crippen LogP contribution is -2.51. The summed E-state index contributed by atoms with van der Waals surface area (Å²) in [6, 6.07) is 16.4. The van der Waals surface area contributed by atoms with Gasteiger partial charge >= 0.3 is 0 Å². The normalized spacial score (nSPS) is 17.0. The summed E-state index contributed by atoms with van der Waals surface area (Å²) in [6.45, 7) is 4.16. The van der Waals surface area contributed by atoms with Crippen LogP contribution in [-0.2, 0) is 0 Å². The van der Waals surface area contributed by atoms with Crippen molar-refractivity contribution < 1.29 is 9.59 Å². The number of halogens is 1. The third kappa shape index (κ3) is 3.83. The van der Waals surface area contributed by atoms with Crippen LogP contribution in [-0.4, -0.2) is 42.3 Å². The van der Waals surface area contributed by atoms with Crippen LogP contribution in [0, 0.1) is 0 Å². The minimum Gasteiger partial charge on any atom is -0.336 e. The number of nitrogens with one attached hydrogen (secondary N) is 1. The number of piperazine rings is 1. The number of hydrogen-bond donors (Lipinski definition) is 1. The monoisotopic (exact) mass is 344 g/mol. The van der Waals surface area contributed by atoms with Gasteiger partial charge in [-0.05, 0) is 13.0 Å². The van der Waals surface area contributed by atoms with Gasteiger partial charge in [-0.25, -0.2) is 0 Å². The third-order valence-electron chi connectivity index (χ3n) is 4.09. The summed E-state index contributed by atoms with van der Waals surface area (Å²) < 4.78 is 0. The van der Waals surface area contributed by atoms with E-state index in [1.54, 1.807) is 36.4 Å². The van der Waals surface area contributed by atoms with Crippen molar-refractivity contribution in [1.82, 2.24) is 10.2 Å². The molecule has 1 atom stereocenters. The van der Waals surface area contributed by atoms with Crippen molar-refractivity contribution >= 4 is 24.1 Å². The molecule has 0 bridgehead atoms. The van der Waals surface area contributed by atoms with E-state index in [0.717, 1.165) is 6.54 Å². The van der Waals surface area contributed by atoms with E-state index in [1.165, 1.54) is 0 Å². The number of rotatable bonds is 3. The van der Waals surface area contributed by atoms with Gasteiger partial charge in [0.05, 0.1) is 5.56 Å². The van der Waals surface area contributed by atoms with Crippen molar-refractivity contribution in [1.29, 1.82) is 0 Å². The lowest BCUT2D eigenvalue weighted by Gasteiger charge is -2.32. The minimum atomic E-state index is -0.113. The first-order valence-corrected chi connectivity index (χ1v) is 7.88. The molecule has 0 spiro atoms. The molecule has 0 aromatic heterocycles. The predicted octanol–water partition coefficient (Wildman–Crippen LogP) is 2.77. The highest BCUT2D eigenvalue weighted by molar-refractivity contribution is 6.15. The Labute approximate surface area is 148 Å². The molecular formula is C19H21ClN2O2. The minimum absolute atomic E-state index is 0. The van der Waals surface area contributed by atoms with E-state index in [1.807, 2.05) is 23.1 Å². The van der Waals surface area contributed by atoms with Gasteiger partial charge in [-0.2, -0.15) is 0 Å². The quantitative estimate of drug-likeness (QED) is 0.871. The first kappa shape index (κ1) is 18.2. The highest BCUT2D eigenvalue weighted by Crippen LogP contribution is 2.17. The van der Waals surface area contributed by atoms with E-state index in [9.17, 15) is 9.59 Å². The number of ketones is 1. The highest BCUT2D eigenvalue weighted by atomic mass is 35.5. The van der Waals surface area contributed by atoms with E-state index in [-0.39, 0.29) is 30.1 Å². The average Bonchev–Trinajstić information content (AvgIpc) is 2.61. The summed E-state index contributed by atoms with van der Waals surface area (Å²) in [7, 11) is 0. The molecule has 0 radical (unpaired) electrons. The van der Waals surface area contributed by atoms with Crippen molar-refractivity contribution in [2.45, 2.75) is 13.0 Å². The molecule has 1 unspecified atom stereocenters. The summed E-state index contributed by atoms with van der Waals surface area (Å²) in [5, 5.41) is 3.32. The van der Waals surface area contributed by atoms with E-state index in [4.69, 9.17) is 0 Å². The standard InChI is InChI=1S/C19H20N2O2.ClH/c1-14-13-21(12-11-20-14)19(23)17-10-6-5-9-16(17)18(22)15-7-3-2-4-8-15;/h2-10,14,20H,11-13H2,1H3;1H. The van der Waals surface area contributed by atoms with Crippen LogP contribution in [0.3, 0.4) is 0 Å². The summed E-state index contributed by atoms with van der Waals surface area (Å²) >= 11 is 0. The van der Waals surface area contributed by atoms with Gasteiger partial charge in [0.2, 0.25) is 0 Å². The molecule has 1 aliphatic heterocycles. The number of carbonyl (C=O) groups excluding carboxylic acids is 2. The molecule has 5 heteroatoms. The van der Waals surface area contributed by atoms with Crippen LogP contribution in [0.2, 0.25) is 0 Å². The van der Waals surface area contributed by atoms with Crippen molar-refractivity contribution in [2.75, 3.05) is 19.6 Å². The van der Waals surface area contributed by atoms with Crippen LogP contribution >= 0.6 is 12.4 Å². The predicted molar refractivity (Wildman–Crippen MR) is 96.9 cm³/mol. The summed E-state index contributed by atoms with van der Waals surface area (Å²) in [5.41, 5.74) is 1.55. The smallest absolute Gasteiger partial charge is 0.254 e. The van der Waals surface area contributed by atoms with Gasteiger partial charge in [0.1, 0.15) is 0 Å². The fourth-order valence-electron chi connectivity index (χ4n) is 2.90. The first-order valence-electron chi connectivity index (χ1n) is 7.88. The van der Waals surface area contributed by atoms with Crippen LogP contribution in [0.15, 0.2) is 54.6 Å². The second-order valence-electron chi connectivity index (χ2n) is 5.85. The van der Waals surface area contributed by atoms with Gasteiger partial charge in [-0.3, -0.25) is 9.59 Å². The molecule has 1 fully saturated rings. The number of amides is 1. The van der Waals surface area contributed by atoms with E-state index in [2.05, 4.69) is 12.2 Å². The van der Waals surface area contributed by atoms with Gasteiger partial charge in [0, 0.05) is 36.8 Å². The van der Waals surface area contributed by atoms with E-state index >= 15 is 0 Å². The maximum atomic E-state index is 12.8. The van der Waals surface area contributed by atoms with Crippen LogP contribution < -0.4 is 5.32 Å². The van der Waals surface area contributed by atoms with Gasteiger partial charge in [0.25, 0.3) is 5.91 Å². The zero-order valence-electron chi connectivity index (χ0n) is 13.6. The van der Waals surface area contributed by atoms with E-state index in [0.29, 0.717) is 29.8 Å². The SMILES string of the molecule is CC1CN(C(=O)c2ccccc2C(=O)c2ccccc2)CCN1.Cl. The molecule has 1 N–H and O–H groups in total. The zero-order chi connectivity index (χ0) is 16.2. The Hall–Kier alpha value is -2.17. The van der Waals surface area contributed by atoms with Crippen molar-refractivity contribution in [3.05, 3.63) is 71.3 Å². The largest absolute Gasteiger partial charge is 0.336 e. The molecule has 24 heavy (non-hydrogen) atoms. The molecule has 1 heterocycles. The van der Waals surface area contributed by atoms with E-state index < -0.39 is 0 Å². The molecule has 1 saturated heterocycles. The van der Waals surface area contributed by atoms with Crippen molar-refractivity contribution in [2.24, 2.45) is 0 Å². The summed E-state index contributed by atoms with van der Waals surface area (Å²) in [6.07, 6.45) is 0. The number of benzene rings is 2. The number of nitrogens with zero attached hydrogens (tertiary/aromatic N) is 1. The average molecular weight is 345 g/mol. The fraction of sp³-hybridized carbons (Fsp3) is 0.263. The topological polar surface area (TPSA) is 49.4 Å². The maximum absolute atomic E-state index is 12.8. The van der Waals surface area contributed by atoms with Crippen LogP contribution in [0.1, 0.15) is 33.2 Å². The maximum Gasteiger partial charge on any atom is 0.254 e. The van der Waals surface area contributed by atoms with Gasteiger partial charge < -0.3 is 10.2 Å². The number of carbonyl (C=O) groups is 2. The van der Waals surface area contributed by atoms with Gasteiger partial charge in [-0.1, -0.05) is 48.5 Å². The third-order valence-corrected chi connectivity index (χ3v) is 4.09. The summed E-state index contributed by atoms with van der Waals surface area (Å²) in [5.74, 6) is -0.184. The van der Waals surface area contributed by atoms with Gasteiger partial charge in [0.15, 0.2) is 5.78 Å². The molecule has 2 aromatic carbocycles. The number of hydrogen-bond acceptors (Lipinski definition) is 3. The van der Waals surface area contributed by atoms with Crippen LogP contribution in [0.4, 0.5) is 0 Å². The molecule has 126 valence electrons. The molecular weight excluding hydrogens is 324 g/mol. The van der Waals surface area contributed by atoms with Crippen molar-refractivity contribution in [3.8, 4) is 0 Å². The lowest BCUT2D eigenvalue weighted by molar-refractivity contribution is 0.0705. The Bertz CT molecular complexity index is 718. The first-order chi connectivity index (χ1) is 11.2. The second-order valence-corrected chi connectivity index (χ2v) is 5.85. The molecule has 2 aromatic rings. The zero-order valence-corrected chi connectivity index (χ0v) is 14.4. The molecule has 0 saturated carbocycles. The highest BCUT2D eigenvalue weighted by Gasteiger charge is 2.25. The lowest BCUT2D eigenvalue weighted by atomic mass is 9.97. The Kier molecular flexibility index (Phi) is 6.12. The fourth-order valence-corrected chi connectivity index (χ4v) is 2.90. The molecule has 4 nitrogen and oxygen atoms in total. The van der Waals surface area contributed by atoms with Crippen molar-refractivity contribution in [3.63, 3.8) is 0 Å². The Morgan fingerprint density at radius 2 is 1.62 bits per heavy atom. The van der Waals surface area contributed by atoms with Crippen LogP contribution in [0.5, 0.6) is 0 Å². The molecule has 1 aliphatic rings.